The second kappa shape index (κ2) is 5.14. The van der Waals surface area contributed by atoms with Crippen LogP contribution in [0, 0.1) is 11.3 Å². The second-order valence-corrected chi connectivity index (χ2v) is 6.92. The Bertz CT molecular complexity index is 524. The van der Waals surface area contributed by atoms with Crippen LogP contribution < -0.4 is 10.0 Å². The minimum atomic E-state index is -3.47. The van der Waals surface area contributed by atoms with Gasteiger partial charge in [0.15, 0.2) is 0 Å². The number of nitrogens with one attached hydrogen (secondary N) is 2. The zero-order valence-corrected chi connectivity index (χ0v) is 10.8. The van der Waals surface area contributed by atoms with Gasteiger partial charge in [-0.3, -0.25) is 0 Å². The zero-order chi connectivity index (χ0) is 12.3. The predicted molar refractivity (Wildman–Crippen MR) is 65.2 cm³/mol. The summed E-state index contributed by atoms with van der Waals surface area (Å²) in [5, 5.41) is 11.8. The number of piperidine rings is 1. The number of thiophene rings is 1. The molecule has 1 aliphatic rings. The van der Waals surface area contributed by atoms with Crippen LogP contribution in [0.2, 0.25) is 0 Å². The van der Waals surface area contributed by atoms with Crippen LogP contribution in [0.4, 0.5) is 0 Å². The molecule has 92 valence electrons. The molecule has 1 saturated heterocycles. The molecular weight excluding hydrogens is 258 g/mol. The molecular formula is C10H13N3O2S2. The average Bonchev–Trinajstić information content (AvgIpc) is 2.79. The van der Waals surface area contributed by atoms with Crippen molar-refractivity contribution in [1.82, 2.24) is 10.0 Å². The Morgan fingerprint density at radius 3 is 2.94 bits per heavy atom. The van der Waals surface area contributed by atoms with Crippen molar-refractivity contribution < 1.29 is 8.42 Å². The highest BCUT2D eigenvalue weighted by atomic mass is 32.2. The summed E-state index contributed by atoms with van der Waals surface area (Å²) in [4.78, 5) is 0.409. The van der Waals surface area contributed by atoms with Gasteiger partial charge in [0.05, 0.1) is 0 Å². The van der Waals surface area contributed by atoms with Crippen LogP contribution in [-0.2, 0) is 10.0 Å². The van der Waals surface area contributed by atoms with E-state index < -0.39 is 10.0 Å². The lowest BCUT2D eigenvalue weighted by Gasteiger charge is -2.23. The van der Waals surface area contributed by atoms with Gasteiger partial charge in [-0.15, -0.1) is 11.3 Å². The highest BCUT2D eigenvalue weighted by molar-refractivity contribution is 7.91. The van der Waals surface area contributed by atoms with Crippen molar-refractivity contribution in [1.29, 1.82) is 5.26 Å². The Hall–Kier alpha value is -0.940. The summed E-state index contributed by atoms with van der Waals surface area (Å²) in [5.41, 5.74) is 0. The Labute approximate surface area is 105 Å². The smallest absolute Gasteiger partial charge is 0.250 e. The third-order valence-corrected chi connectivity index (χ3v) is 5.58. The first-order valence-electron chi connectivity index (χ1n) is 5.35. The van der Waals surface area contributed by atoms with Crippen LogP contribution in [0.15, 0.2) is 16.3 Å². The van der Waals surface area contributed by atoms with Gasteiger partial charge in [-0.05, 0) is 31.5 Å². The number of hydrogen-bond donors (Lipinski definition) is 2. The summed E-state index contributed by atoms with van der Waals surface area (Å²) < 4.78 is 26.9. The first-order chi connectivity index (χ1) is 8.12. The molecule has 2 rings (SSSR count). The van der Waals surface area contributed by atoms with Crippen LogP contribution in [0.1, 0.15) is 17.7 Å². The fourth-order valence-electron chi connectivity index (χ4n) is 1.75. The Kier molecular flexibility index (Phi) is 3.79. The van der Waals surface area contributed by atoms with Gasteiger partial charge in [0.25, 0.3) is 0 Å². The fourth-order valence-corrected chi connectivity index (χ4v) is 4.14. The number of hydrogen-bond acceptors (Lipinski definition) is 5. The molecule has 0 aliphatic carbocycles. The zero-order valence-electron chi connectivity index (χ0n) is 9.14. The van der Waals surface area contributed by atoms with Gasteiger partial charge in [-0.1, -0.05) is 0 Å². The van der Waals surface area contributed by atoms with Gasteiger partial charge >= 0.3 is 0 Å². The van der Waals surface area contributed by atoms with E-state index in [4.69, 9.17) is 5.26 Å². The van der Waals surface area contributed by atoms with Crippen molar-refractivity contribution >= 4 is 21.4 Å². The number of nitriles is 1. The van der Waals surface area contributed by atoms with Crippen molar-refractivity contribution in [2.24, 2.45) is 0 Å². The van der Waals surface area contributed by atoms with Gasteiger partial charge in [0, 0.05) is 12.6 Å². The van der Waals surface area contributed by atoms with Crippen molar-refractivity contribution in [3.63, 3.8) is 0 Å². The van der Waals surface area contributed by atoms with Crippen molar-refractivity contribution in [2.75, 3.05) is 13.1 Å². The van der Waals surface area contributed by atoms with Crippen LogP contribution in [0.25, 0.3) is 0 Å². The van der Waals surface area contributed by atoms with E-state index in [1.807, 2.05) is 6.07 Å². The molecule has 2 heterocycles. The summed E-state index contributed by atoms with van der Waals surface area (Å²) in [6.07, 6.45) is 1.82. The molecule has 2 N–H and O–H groups in total. The molecule has 0 bridgehead atoms. The fraction of sp³-hybridized carbons (Fsp3) is 0.500. The molecule has 1 aliphatic heterocycles. The third kappa shape index (κ3) is 3.04. The maximum Gasteiger partial charge on any atom is 0.250 e. The molecule has 1 fully saturated rings. The van der Waals surface area contributed by atoms with Gasteiger partial charge in [0.2, 0.25) is 10.0 Å². The summed E-state index contributed by atoms with van der Waals surface area (Å²) in [5.74, 6) is 0. The molecule has 1 atom stereocenters. The predicted octanol–water partition coefficient (Wildman–Crippen LogP) is 0.650. The Morgan fingerprint density at radius 2 is 2.35 bits per heavy atom. The van der Waals surface area contributed by atoms with E-state index >= 15 is 0 Å². The van der Waals surface area contributed by atoms with Crippen molar-refractivity contribution in [3.8, 4) is 6.07 Å². The van der Waals surface area contributed by atoms with E-state index in [0.717, 1.165) is 30.7 Å². The molecule has 0 saturated carbocycles. The van der Waals surface area contributed by atoms with Gasteiger partial charge in [-0.2, -0.15) is 5.26 Å². The molecule has 17 heavy (non-hydrogen) atoms. The quantitative estimate of drug-likeness (QED) is 0.845. The first kappa shape index (κ1) is 12.5. The first-order valence-corrected chi connectivity index (χ1v) is 7.65. The normalized spacial score (nSPS) is 21.0. The van der Waals surface area contributed by atoms with Crippen LogP contribution >= 0.6 is 11.3 Å². The molecule has 0 radical (unpaired) electrons. The minimum Gasteiger partial charge on any atom is -0.315 e. The standard InChI is InChI=1S/C10H13N3O2S2/c11-6-9-3-4-10(16-9)17(14,15)13-8-2-1-5-12-7-8/h3-4,8,12-13H,1-2,5,7H2/t8-/m1/s1. The lowest BCUT2D eigenvalue weighted by molar-refractivity contribution is 0.429. The van der Waals surface area contributed by atoms with Crippen molar-refractivity contribution in [3.05, 3.63) is 17.0 Å². The Balaban J connectivity index is 2.10. The monoisotopic (exact) mass is 271 g/mol. The number of nitrogens with zero attached hydrogens (tertiary/aromatic N) is 1. The van der Waals surface area contributed by atoms with Gasteiger partial charge in [-0.25, -0.2) is 13.1 Å². The van der Waals surface area contributed by atoms with E-state index in [0.29, 0.717) is 11.4 Å². The summed E-state index contributed by atoms with van der Waals surface area (Å²) in [6.45, 7) is 1.60. The largest absolute Gasteiger partial charge is 0.315 e. The molecule has 1 aromatic heterocycles. The highest BCUT2D eigenvalue weighted by Crippen LogP contribution is 2.21. The Morgan fingerprint density at radius 1 is 1.53 bits per heavy atom. The minimum absolute atomic E-state index is 0.0543. The van der Waals surface area contributed by atoms with Crippen LogP contribution in [0.3, 0.4) is 0 Å². The topological polar surface area (TPSA) is 82.0 Å². The lowest BCUT2D eigenvalue weighted by Crippen LogP contribution is -2.45. The second-order valence-electron chi connectivity index (χ2n) is 3.90. The summed E-state index contributed by atoms with van der Waals surface area (Å²) in [6, 6.07) is 4.88. The average molecular weight is 271 g/mol. The molecule has 1 aromatic rings. The maximum absolute atomic E-state index is 12.0. The molecule has 5 nitrogen and oxygen atoms in total. The molecule has 0 aromatic carbocycles. The molecule has 0 unspecified atom stereocenters. The summed E-state index contributed by atoms with van der Waals surface area (Å²) in [7, 11) is -3.47. The number of rotatable bonds is 3. The lowest BCUT2D eigenvalue weighted by atomic mass is 10.1. The summed E-state index contributed by atoms with van der Waals surface area (Å²) >= 11 is 0.996. The molecule has 7 heteroatoms. The van der Waals surface area contributed by atoms with E-state index in [1.54, 1.807) is 0 Å². The number of sulfonamides is 1. The van der Waals surface area contributed by atoms with E-state index in [1.165, 1.54) is 12.1 Å². The van der Waals surface area contributed by atoms with E-state index in [9.17, 15) is 8.42 Å². The highest BCUT2D eigenvalue weighted by Gasteiger charge is 2.22. The van der Waals surface area contributed by atoms with E-state index in [-0.39, 0.29) is 10.3 Å². The van der Waals surface area contributed by atoms with Gasteiger partial charge < -0.3 is 5.32 Å². The van der Waals surface area contributed by atoms with Gasteiger partial charge in [0.1, 0.15) is 15.2 Å². The molecule has 0 spiro atoms. The molecule has 0 amide bonds. The SMILES string of the molecule is N#Cc1ccc(S(=O)(=O)N[C@@H]2CCCNC2)s1. The van der Waals surface area contributed by atoms with Crippen molar-refractivity contribution in [2.45, 2.75) is 23.1 Å². The third-order valence-electron chi connectivity index (χ3n) is 2.58. The van der Waals surface area contributed by atoms with Crippen LogP contribution in [-0.4, -0.2) is 27.5 Å². The maximum atomic E-state index is 12.0. The van der Waals surface area contributed by atoms with Crippen LogP contribution in [0.5, 0.6) is 0 Å². The van der Waals surface area contributed by atoms with E-state index in [2.05, 4.69) is 10.0 Å².